The maximum atomic E-state index is 13.2. The van der Waals surface area contributed by atoms with Crippen molar-refractivity contribution in [3.8, 4) is 0 Å². The van der Waals surface area contributed by atoms with Crippen molar-refractivity contribution < 1.29 is 4.39 Å². The Bertz CT molecular complexity index is 626. The van der Waals surface area contributed by atoms with Gasteiger partial charge in [0.05, 0.1) is 11.0 Å². The summed E-state index contributed by atoms with van der Waals surface area (Å²) in [6.07, 6.45) is 5.11. The SMILES string of the molecule is Fc1ccc2nc(N3CCC(NCC4CC4)CC3)[nH]c2c1. The Kier molecular flexibility index (Phi) is 3.30. The van der Waals surface area contributed by atoms with Crippen LogP contribution in [-0.4, -0.2) is 35.6 Å². The molecular weight excluding hydrogens is 267 g/mol. The number of rotatable bonds is 4. The van der Waals surface area contributed by atoms with E-state index in [0.29, 0.717) is 6.04 Å². The summed E-state index contributed by atoms with van der Waals surface area (Å²) in [7, 11) is 0. The van der Waals surface area contributed by atoms with Gasteiger partial charge in [-0.15, -0.1) is 0 Å². The minimum atomic E-state index is -0.222. The molecule has 21 heavy (non-hydrogen) atoms. The number of halogens is 1. The second-order valence-electron chi connectivity index (χ2n) is 6.33. The molecule has 2 fully saturated rings. The van der Waals surface area contributed by atoms with Crippen LogP contribution in [-0.2, 0) is 0 Å². The molecule has 0 atom stereocenters. The first-order valence-electron chi connectivity index (χ1n) is 7.91. The van der Waals surface area contributed by atoms with Crippen molar-refractivity contribution in [1.82, 2.24) is 15.3 Å². The lowest BCUT2D eigenvalue weighted by molar-refractivity contribution is 0.407. The molecule has 1 saturated heterocycles. The number of nitrogens with zero attached hydrogens (tertiary/aromatic N) is 2. The number of piperidine rings is 1. The normalized spacial score (nSPS) is 20.3. The Hall–Kier alpha value is -1.62. The van der Waals surface area contributed by atoms with Crippen LogP contribution >= 0.6 is 0 Å². The van der Waals surface area contributed by atoms with Crippen LogP contribution in [0.4, 0.5) is 10.3 Å². The van der Waals surface area contributed by atoms with Crippen molar-refractivity contribution in [2.45, 2.75) is 31.7 Å². The maximum Gasteiger partial charge on any atom is 0.203 e. The number of hydrogen-bond acceptors (Lipinski definition) is 3. The standard InChI is InChI=1S/C16H21FN4/c17-12-3-4-14-15(9-12)20-16(19-14)21-7-5-13(6-8-21)18-10-11-1-2-11/h3-4,9,11,13,18H,1-2,5-8,10H2,(H,19,20). The quantitative estimate of drug-likeness (QED) is 0.909. The molecule has 0 spiro atoms. The van der Waals surface area contributed by atoms with E-state index < -0.39 is 0 Å². The van der Waals surface area contributed by atoms with Crippen LogP contribution in [0.1, 0.15) is 25.7 Å². The highest BCUT2D eigenvalue weighted by Gasteiger charge is 2.25. The average molecular weight is 288 g/mol. The molecule has 1 aromatic heterocycles. The third-order valence-electron chi connectivity index (χ3n) is 4.62. The van der Waals surface area contributed by atoms with Gasteiger partial charge >= 0.3 is 0 Å². The number of aromatic amines is 1. The van der Waals surface area contributed by atoms with Gasteiger partial charge in [0.25, 0.3) is 0 Å². The van der Waals surface area contributed by atoms with Crippen LogP contribution < -0.4 is 10.2 Å². The van der Waals surface area contributed by atoms with Crippen LogP contribution in [0.2, 0.25) is 0 Å². The molecule has 0 unspecified atom stereocenters. The van der Waals surface area contributed by atoms with Crippen LogP contribution in [0.5, 0.6) is 0 Å². The summed E-state index contributed by atoms with van der Waals surface area (Å²) in [6, 6.07) is 5.34. The number of hydrogen-bond donors (Lipinski definition) is 2. The summed E-state index contributed by atoms with van der Waals surface area (Å²) in [5, 5.41) is 3.68. The van der Waals surface area contributed by atoms with E-state index in [-0.39, 0.29) is 5.82 Å². The number of nitrogens with one attached hydrogen (secondary N) is 2. The molecule has 5 heteroatoms. The summed E-state index contributed by atoms with van der Waals surface area (Å²) in [6.45, 7) is 3.20. The fourth-order valence-corrected chi connectivity index (χ4v) is 3.07. The molecule has 4 nitrogen and oxygen atoms in total. The highest BCUT2D eigenvalue weighted by molar-refractivity contribution is 5.77. The number of anilines is 1. The molecule has 0 amide bonds. The van der Waals surface area contributed by atoms with Crippen molar-refractivity contribution >= 4 is 17.0 Å². The van der Waals surface area contributed by atoms with Gasteiger partial charge in [0, 0.05) is 19.1 Å². The summed E-state index contributed by atoms with van der Waals surface area (Å²) in [4.78, 5) is 10.1. The summed E-state index contributed by atoms with van der Waals surface area (Å²) < 4.78 is 13.2. The van der Waals surface area contributed by atoms with E-state index in [1.165, 1.54) is 31.5 Å². The van der Waals surface area contributed by atoms with E-state index in [4.69, 9.17) is 0 Å². The highest BCUT2D eigenvalue weighted by atomic mass is 19.1. The van der Waals surface area contributed by atoms with Gasteiger partial charge in [0.2, 0.25) is 5.95 Å². The molecule has 2 aliphatic rings. The smallest absolute Gasteiger partial charge is 0.203 e. The number of H-pyrrole nitrogens is 1. The molecule has 1 aromatic carbocycles. The number of imidazole rings is 1. The third-order valence-corrected chi connectivity index (χ3v) is 4.62. The Balaban J connectivity index is 1.39. The van der Waals surface area contributed by atoms with Gasteiger partial charge in [-0.05, 0) is 56.3 Å². The minimum absolute atomic E-state index is 0.222. The summed E-state index contributed by atoms with van der Waals surface area (Å²) in [5.41, 5.74) is 1.61. The van der Waals surface area contributed by atoms with E-state index in [2.05, 4.69) is 20.2 Å². The monoisotopic (exact) mass is 288 g/mol. The molecule has 112 valence electrons. The molecule has 1 saturated carbocycles. The minimum Gasteiger partial charge on any atom is -0.342 e. The molecular formula is C16H21FN4. The van der Waals surface area contributed by atoms with Gasteiger partial charge in [-0.25, -0.2) is 9.37 Å². The zero-order valence-corrected chi connectivity index (χ0v) is 12.1. The van der Waals surface area contributed by atoms with Gasteiger partial charge < -0.3 is 15.2 Å². The molecule has 4 rings (SSSR count). The first-order valence-corrected chi connectivity index (χ1v) is 7.91. The lowest BCUT2D eigenvalue weighted by atomic mass is 10.1. The number of aromatic nitrogens is 2. The molecule has 1 aliphatic carbocycles. The molecule has 2 heterocycles. The Morgan fingerprint density at radius 2 is 2.05 bits per heavy atom. The van der Waals surface area contributed by atoms with Gasteiger partial charge in [-0.2, -0.15) is 0 Å². The summed E-state index contributed by atoms with van der Waals surface area (Å²) in [5.74, 6) is 1.59. The largest absolute Gasteiger partial charge is 0.342 e. The van der Waals surface area contributed by atoms with E-state index in [1.54, 1.807) is 6.07 Å². The van der Waals surface area contributed by atoms with Gasteiger partial charge in [-0.3, -0.25) is 0 Å². The Labute approximate surface area is 123 Å². The van der Waals surface area contributed by atoms with E-state index in [0.717, 1.165) is 48.8 Å². The second kappa shape index (κ2) is 5.30. The topological polar surface area (TPSA) is 44.0 Å². The van der Waals surface area contributed by atoms with Crippen molar-refractivity contribution in [2.75, 3.05) is 24.5 Å². The average Bonchev–Trinajstić information content (AvgIpc) is 3.24. The maximum absolute atomic E-state index is 13.2. The lowest BCUT2D eigenvalue weighted by Gasteiger charge is -2.32. The Morgan fingerprint density at radius 1 is 1.24 bits per heavy atom. The second-order valence-corrected chi connectivity index (χ2v) is 6.33. The van der Waals surface area contributed by atoms with Crippen LogP contribution in [0.3, 0.4) is 0 Å². The van der Waals surface area contributed by atoms with E-state index in [9.17, 15) is 4.39 Å². The zero-order chi connectivity index (χ0) is 14.2. The lowest BCUT2D eigenvalue weighted by Crippen LogP contribution is -2.43. The van der Waals surface area contributed by atoms with E-state index in [1.807, 2.05) is 0 Å². The zero-order valence-electron chi connectivity index (χ0n) is 12.1. The highest BCUT2D eigenvalue weighted by Crippen LogP contribution is 2.28. The number of benzene rings is 1. The van der Waals surface area contributed by atoms with E-state index >= 15 is 0 Å². The molecule has 0 radical (unpaired) electrons. The number of fused-ring (bicyclic) bond motifs is 1. The fourth-order valence-electron chi connectivity index (χ4n) is 3.07. The van der Waals surface area contributed by atoms with Crippen molar-refractivity contribution in [1.29, 1.82) is 0 Å². The van der Waals surface area contributed by atoms with Crippen molar-refractivity contribution in [3.05, 3.63) is 24.0 Å². The van der Waals surface area contributed by atoms with Crippen molar-refractivity contribution in [2.24, 2.45) is 5.92 Å². The predicted molar refractivity (Wildman–Crippen MR) is 82.0 cm³/mol. The molecule has 0 bridgehead atoms. The van der Waals surface area contributed by atoms with Crippen LogP contribution in [0.15, 0.2) is 18.2 Å². The molecule has 2 N–H and O–H groups in total. The molecule has 1 aliphatic heterocycles. The predicted octanol–water partition coefficient (Wildman–Crippen LogP) is 2.67. The van der Waals surface area contributed by atoms with Crippen LogP contribution in [0.25, 0.3) is 11.0 Å². The van der Waals surface area contributed by atoms with Gasteiger partial charge in [0.1, 0.15) is 5.82 Å². The first kappa shape index (κ1) is 13.1. The van der Waals surface area contributed by atoms with Crippen molar-refractivity contribution in [3.63, 3.8) is 0 Å². The fraction of sp³-hybridized carbons (Fsp3) is 0.562. The van der Waals surface area contributed by atoms with Gasteiger partial charge in [-0.1, -0.05) is 0 Å². The first-order chi connectivity index (χ1) is 10.3. The van der Waals surface area contributed by atoms with Gasteiger partial charge in [0.15, 0.2) is 0 Å². The summed E-state index contributed by atoms with van der Waals surface area (Å²) >= 11 is 0. The molecule has 2 aromatic rings. The Morgan fingerprint density at radius 3 is 2.81 bits per heavy atom. The third kappa shape index (κ3) is 2.88. The van der Waals surface area contributed by atoms with Crippen LogP contribution in [0, 0.1) is 11.7 Å².